The highest BCUT2D eigenvalue weighted by atomic mass is 16.2. The Morgan fingerprint density at radius 3 is 2.35 bits per heavy atom. The van der Waals surface area contributed by atoms with Crippen molar-refractivity contribution in [1.82, 2.24) is 10.2 Å². The van der Waals surface area contributed by atoms with Gasteiger partial charge in [-0.2, -0.15) is 0 Å². The Kier molecular flexibility index (Phi) is 7.37. The Bertz CT molecular complexity index is 1310. The minimum absolute atomic E-state index is 0.0842. The van der Waals surface area contributed by atoms with Crippen molar-refractivity contribution >= 4 is 34.5 Å². The van der Waals surface area contributed by atoms with Gasteiger partial charge in [-0.15, -0.1) is 0 Å². The molecule has 0 saturated heterocycles. The zero-order valence-corrected chi connectivity index (χ0v) is 21.5. The van der Waals surface area contributed by atoms with Gasteiger partial charge in [-0.25, -0.2) is 0 Å². The van der Waals surface area contributed by atoms with Crippen molar-refractivity contribution in [1.29, 1.82) is 0 Å². The Hall–Kier alpha value is -3.90. The number of anilines is 2. The lowest BCUT2D eigenvalue weighted by Crippen LogP contribution is -2.36. The minimum Gasteiger partial charge on any atom is -0.354 e. The van der Waals surface area contributed by atoms with E-state index in [-0.39, 0.29) is 17.9 Å². The summed E-state index contributed by atoms with van der Waals surface area (Å²) >= 11 is 0. The first-order chi connectivity index (χ1) is 18.0. The fourth-order valence-corrected chi connectivity index (χ4v) is 5.16. The molecule has 0 bridgehead atoms. The summed E-state index contributed by atoms with van der Waals surface area (Å²) in [7, 11) is 4.09. The number of fused-ring (bicyclic) bond motifs is 1. The van der Waals surface area contributed by atoms with Gasteiger partial charge in [0, 0.05) is 35.1 Å². The van der Waals surface area contributed by atoms with E-state index in [9.17, 15) is 9.59 Å². The lowest BCUT2D eigenvalue weighted by atomic mass is 9.95. The highest BCUT2D eigenvalue weighted by Crippen LogP contribution is 2.38. The van der Waals surface area contributed by atoms with Crippen LogP contribution in [-0.4, -0.2) is 36.9 Å². The van der Waals surface area contributed by atoms with E-state index in [2.05, 4.69) is 33.0 Å². The number of hydrogen-bond donors (Lipinski definition) is 3. The molecule has 0 spiro atoms. The second kappa shape index (κ2) is 11.0. The van der Waals surface area contributed by atoms with Gasteiger partial charge in [0.25, 0.3) is 11.8 Å². The van der Waals surface area contributed by atoms with Gasteiger partial charge >= 0.3 is 0 Å². The van der Waals surface area contributed by atoms with Crippen molar-refractivity contribution in [3.63, 3.8) is 0 Å². The molecule has 1 fully saturated rings. The van der Waals surface area contributed by atoms with E-state index in [0.717, 1.165) is 49.0 Å². The van der Waals surface area contributed by atoms with E-state index in [1.807, 2.05) is 68.7 Å². The second-order valence-corrected chi connectivity index (χ2v) is 10.2. The van der Waals surface area contributed by atoms with Gasteiger partial charge < -0.3 is 20.9 Å². The summed E-state index contributed by atoms with van der Waals surface area (Å²) in [6, 6.07) is 23.8. The van der Waals surface area contributed by atoms with Crippen LogP contribution in [0.15, 0.2) is 72.8 Å². The molecule has 6 nitrogen and oxygen atoms in total. The number of nitrogens with one attached hydrogen (secondary N) is 3. The lowest BCUT2D eigenvalue weighted by Gasteiger charge is -2.22. The number of hydrogen-bond acceptors (Lipinski definition) is 4. The number of nitrogens with zero attached hydrogens (tertiary/aromatic N) is 1. The average Bonchev–Trinajstić information content (AvgIpc) is 3.23. The summed E-state index contributed by atoms with van der Waals surface area (Å²) in [4.78, 5) is 28.5. The van der Waals surface area contributed by atoms with Crippen molar-refractivity contribution in [2.45, 2.75) is 44.7 Å². The molecule has 2 aliphatic rings. The maximum absolute atomic E-state index is 13.3. The van der Waals surface area contributed by atoms with Gasteiger partial charge in [-0.05, 0) is 68.4 Å². The van der Waals surface area contributed by atoms with E-state index in [1.165, 1.54) is 12.0 Å². The number of carbonyl (C=O) groups excluding carboxylic acids is 2. The van der Waals surface area contributed by atoms with Crippen molar-refractivity contribution in [2.75, 3.05) is 24.7 Å². The summed E-state index contributed by atoms with van der Waals surface area (Å²) in [5.41, 5.74) is 6.26. The van der Waals surface area contributed by atoms with Gasteiger partial charge in [0.2, 0.25) is 0 Å². The molecule has 3 aromatic rings. The number of carbonyl (C=O) groups is 2. The molecule has 1 heterocycles. The fourth-order valence-electron chi connectivity index (χ4n) is 5.16. The number of rotatable bonds is 7. The second-order valence-electron chi connectivity index (χ2n) is 10.2. The van der Waals surface area contributed by atoms with Crippen LogP contribution in [0.4, 0.5) is 11.4 Å². The Morgan fingerprint density at radius 2 is 1.65 bits per heavy atom. The predicted octanol–water partition coefficient (Wildman–Crippen LogP) is 5.74. The van der Waals surface area contributed by atoms with E-state index >= 15 is 0 Å². The van der Waals surface area contributed by atoms with Crippen molar-refractivity contribution in [3.05, 3.63) is 95.1 Å². The van der Waals surface area contributed by atoms with E-state index in [4.69, 9.17) is 0 Å². The van der Waals surface area contributed by atoms with Crippen LogP contribution in [0.1, 0.15) is 59.2 Å². The molecule has 2 amide bonds. The third-order valence-electron chi connectivity index (χ3n) is 7.00. The monoisotopic (exact) mass is 494 g/mol. The van der Waals surface area contributed by atoms with Crippen LogP contribution in [-0.2, 0) is 11.3 Å². The largest absolute Gasteiger partial charge is 0.354 e. The molecule has 0 atom stereocenters. The minimum atomic E-state index is -0.185. The molecule has 1 saturated carbocycles. The number of amides is 2. The smallest absolute Gasteiger partial charge is 0.258 e. The van der Waals surface area contributed by atoms with Gasteiger partial charge in [0.15, 0.2) is 0 Å². The molecule has 190 valence electrons. The molecule has 1 aliphatic carbocycles. The fraction of sp³-hybridized carbons (Fsp3) is 0.290. The van der Waals surface area contributed by atoms with Gasteiger partial charge in [0.1, 0.15) is 0 Å². The molecule has 3 N–H and O–H groups in total. The molecule has 6 heteroatoms. The molecular formula is C31H34N4O2. The molecule has 37 heavy (non-hydrogen) atoms. The summed E-state index contributed by atoms with van der Waals surface area (Å²) in [6.07, 6.45) is 5.60. The Balaban J connectivity index is 1.51. The normalized spacial score (nSPS) is 16.8. The highest BCUT2D eigenvalue weighted by molar-refractivity contribution is 6.37. The summed E-state index contributed by atoms with van der Waals surface area (Å²) in [6.45, 7) is 0.856. The van der Waals surface area contributed by atoms with Crippen LogP contribution in [0.2, 0.25) is 0 Å². The van der Waals surface area contributed by atoms with Crippen molar-refractivity contribution in [2.24, 2.45) is 0 Å². The van der Waals surface area contributed by atoms with Crippen LogP contribution < -0.4 is 16.0 Å². The predicted molar refractivity (Wildman–Crippen MR) is 150 cm³/mol. The Labute approximate surface area is 218 Å². The summed E-state index contributed by atoms with van der Waals surface area (Å²) in [5, 5.41) is 9.69. The van der Waals surface area contributed by atoms with Gasteiger partial charge in [-0.3, -0.25) is 9.59 Å². The van der Waals surface area contributed by atoms with Crippen LogP contribution in [0.5, 0.6) is 0 Å². The third kappa shape index (κ3) is 5.75. The first-order valence-electron chi connectivity index (χ1n) is 13.0. The van der Waals surface area contributed by atoms with E-state index in [1.54, 1.807) is 6.07 Å². The lowest BCUT2D eigenvalue weighted by molar-refractivity contribution is -0.110. The molecule has 3 aromatic carbocycles. The molecule has 1 aliphatic heterocycles. The first kappa shape index (κ1) is 24.8. The highest BCUT2D eigenvalue weighted by Gasteiger charge is 2.30. The Morgan fingerprint density at radius 1 is 0.919 bits per heavy atom. The topological polar surface area (TPSA) is 73.5 Å². The van der Waals surface area contributed by atoms with Crippen molar-refractivity contribution in [3.8, 4) is 0 Å². The maximum atomic E-state index is 13.3. The zero-order chi connectivity index (χ0) is 25.8. The van der Waals surface area contributed by atoms with Gasteiger partial charge in [-0.1, -0.05) is 61.7 Å². The standard InChI is InChI=1S/C31H34N4O2/c1-35(2)20-21-13-16-25(17-14-21)32-29(22-9-5-3-6-10-22)28-26-19-23(15-18-27(26)34-31(28)37)30(36)33-24-11-7-4-8-12-24/h3,5-6,9-10,13-19,24,32H,4,7-8,11-12,20H2,1-2H3,(H,33,36)(H,34,37)/b29-28-. The average molecular weight is 495 g/mol. The molecule has 0 radical (unpaired) electrons. The quantitative estimate of drug-likeness (QED) is 0.366. The SMILES string of the molecule is CN(C)Cc1ccc(N/C(=C2\C(=O)Nc3ccc(C(=O)NC4CCCCC4)cc32)c2ccccc2)cc1. The maximum Gasteiger partial charge on any atom is 0.258 e. The molecular weight excluding hydrogens is 460 g/mol. The van der Waals surface area contributed by atoms with Crippen LogP contribution in [0.3, 0.4) is 0 Å². The van der Waals surface area contributed by atoms with Crippen LogP contribution >= 0.6 is 0 Å². The third-order valence-corrected chi connectivity index (χ3v) is 7.00. The molecule has 0 aromatic heterocycles. The molecule has 0 unspecified atom stereocenters. The first-order valence-corrected chi connectivity index (χ1v) is 13.0. The van der Waals surface area contributed by atoms with Gasteiger partial charge in [0.05, 0.1) is 11.3 Å². The summed E-state index contributed by atoms with van der Waals surface area (Å²) in [5.74, 6) is -0.269. The molecule has 5 rings (SSSR count). The van der Waals surface area contributed by atoms with Crippen LogP contribution in [0.25, 0.3) is 11.3 Å². The van der Waals surface area contributed by atoms with Crippen LogP contribution in [0, 0.1) is 0 Å². The number of benzene rings is 3. The van der Waals surface area contributed by atoms with Crippen molar-refractivity contribution < 1.29 is 9.59 Å². The van der Waals surface area contributed by atoms with E-state index < -0.39 is 0 Å². The summed E-state index contributed by atoms with van der Waals surface area (Å²) < 4.78 is 0. The zero-order valence-electron chi connectivity index (χ0n) is 21.5. The van der Waals surface area contributed by atoms with E-state index in [0.29, 0.717) is 22.5 Å².